The van der Waals surface area contributed by atoms with E-state index in [9.17, 15) is 18.0 Å². The van der Waals surface area contributed by atoms with Crippen molar-refractivity contribution in [1.82, 2.24) is 0 Å². The van der Waals surface area contributed by atoms with Gasteiger partial charge in [-0.25, -0.2) is 4.79 Å². The number of carbonyl (C=O) groups excluding carboxylic acids is 1. The summed E-state index contributed by atoms with van der Waals surface area (Å²) in [6.07, 6.45) is -7.58. The van der Waals surface area contributed by atoms with Crippen LogP contribution in [-0.2, 0) is 4.74 Å². The average molecular weight is 238 g/mol. The molecule has 0 unspecified atom stereocenters. The molecule has 1 aromatic rings. The fourth-order valence-electron chi connectivity index (χ4n) is 1.11. The van der Waals surface area contributed by atoms with Crippen LogP contribution in [-0.4, -0.2) is 24.4 Å². The summed E-state index contributed by atoms with van der Waals surface area (Å²) in [4.78, 5) is 11.1. The summed E-state index contributed by atoms with van der Waals surface area (Å²) in [5, 5.41) is 8.88. The Balaban J connectivity index is 3.06. The van der Waals surface area contributed by atoms with Crippen LogP contribution < -0.4 is 0 Å². The number of esters is 1. The summed E-state index contributed by atoms with van der Waals surface area (Å²) in [7, 11) is 1.09. The van der Waals surface area contributed by atoms with Crippen LogP contribution in [0.4, 0.5) is 13.2 Å². The zero-order chi connectivity index (χ0) is 12.5. The minimum Gasteiger partial charge on any atom is -0.465 e. The predicted octanol–water partition coefficient (Wildman–Crippen LogP) is 1.97. The Hall–Kier alpha value is -1.50. The fraction of sp³-hybridized carbons (Fsp3) is 0.444. The maximum absolute atomic E-state index is 12.1. The SMILES string of the molecule is COC(=O)c1cc([C@H](O)C(F)(F)F)oc1C. The Labute approximate surface area is 88.6 Å². The van der Waals surface area contributed by atoms with Crippen LogP contribution >= 0.6 is 0 Å². The number of rotatable bonds is 2. The van der Waals surface area contributed by atoms with Gasteiger partial charge in [0.15, 0.2) is 0 Å². The van der Waals surface area contributed by atoms with E-state index in [1.54, 1.807) is 0 Å². The third-order valence-corrected chi connectivity index (χ3v) is 1.92. The summed E-state index contributed by atoms with van der Waals surface area (Å²) in [5.41, 5.74) is -0.138. The molecule has 0 saturated heterocycles. The topological polar surface area (TPSA) is 59.7 Å². The van der Waals surface area contributed by atoms with Crippen molar-refractivity contribution in [3.05, 3.63) is 23.2 Å². The molecule has 0 fully saturated rings. The molecule has 1 heterocycles. The lowest BCUT2D eigenvalue weighted by Crippen LogP contribution is -2.19. The lowest BCUT2D eigenvalue weighted by Gasteiger charge is -2.11. The van der Waals surface area contributed by atoms with Crippen molar-refractivity contribution in [1.29, 1.82) is 0 Å². The van der Waals surface area contributed by atoms with Crippen LogP contribution in [0.5, 0.6) is 0 Å². The molecule has 4 nitrogen and oxygen atoms in total. The van der Waals surface area contributed by atoms with Gasteiger partial charge in [0.05, 0.1) is 7.11 Å². The van der Waals surface area contributed by atoms with E-state index in [4.69, 9.17) is 5.11 Å². The number of aliphatic hydroxyl groups excluding tert-OH is 1. The monoisotopic (exact) mass is 238 g/mol. The molecule has 90 valence electrons. The molecule has 7 heteroatoms. The first-order chi connectivity index (χ1) is 7.27. The zero-order valence-electron chi connectivity index (χ0n) is 8.46. The van der Waals surface area contributed by atoms with Crippen LogP contribution in [0.1, 0.15) is 28.0 Å². The highest BCUT2D eigenvalue weighted by atomic mass is 19.4. The Morgan fingerprint density at radius 1 is 1.56 bits per heavy atom. The number of hydrogen-bond donors (Lipinski definition) is 1. The number of halogens is 3. The second-order valence-electron chi connectivity index (χ2n) is 3.05. The molecule has 1 N–H and O–H groups in total. The molecule has 0 radical (unpaired) electrons. The Morgan fingerprint density at radius 2 is 2.12 bits per heavy atom. The smallest absolute Gasteiger partial charge is 0.421 e. The lowest BCUT2D eigenvalue weighted by molar-refractivity contribution is -0.211. The van der Waals surface area contributed by atoms with Gasteiger partial charge < -0.3 is 14.3 Å². The van der Waals surface area contributed by atoms with Crippen molar-refractivity contribution in [2.45, 2.75) is 19.2 Å². The third-order valence-electron chi connectivity index (χ3n) is 1.92. The minimum atomic E-state index is -4.84. The van der Waals surface area contributed by atoms with Crippen molar-refractivity contribution >= 4 is 5.97 Å². The first-order valence-corrected chi connectivity index (χ1v) is 4.20. The molecule has 16 heavy (non-hydrogen) atoms. The molecule has 0 amide bonds. The maximum Gasteiger partial charge on any atom is 0.421 e. The Bertz CT molecular complexity index is 394. The molecular weight excluding hydrogens is 229 g/mol. The normalized spacial score (nSPS) is 13.6. The van der Waals surface area contributed by atoms with Gasteiger partial charge in [0, 0.05) is 0 Å². The highest BCUT2D eigenvalue weighted by Crippen LogP contribution is 2.34. The number of alkyl halides is 3. The van der Waals surface area contributed by atoms with Gasteiger partial charge in [-0.15, -0.1) is 0 Å². The Morgan fingerprint density at radius 3 is 2.56 bits per heavy atom. The van der Waals surface area contributed by atoms with E-state index in [0.29, 0.717) is 0 Å². The van der Waals surface area contributed by atoms with Crippen LogP contribution in [0, 0.1) is 6.92 Å². The second-order valence-corrected chi connectivity index (χ2v) is 3.05. The summed E-state index contributed by atoms with van der Waals surface area (Å²) in [5.74, 6) is -1.59. The van der Waals surface area contributed by atoms with Crippen LogP contribution in [0.2, 0.25) is 0 Å². The van der Waals surface area contributed by atoms with Crippen molar-refractivity contribution in [2.24, 2.45) is 0 Å². The van der Waals surface area contributed by atoms with Crippen molar-refractivity contribution in [3.63, 3.8) is 0 Å². The molecule has 0 bridgehead atoms. The van der Waals surface area contributed by atoms with E-state index in [1.165, 1.54) is 6.92 Å². The molecule has 1 rings (SSSR count). The Kier molecular flexibility index (Phi) is 3.27. The highest BCUT2D eigenvalue weighted by Gasteiger charge is 2.42. The quantitative estimate of drug-likeness (QED) is 0.800. The van der Waals surface area contributed by atoms with Crippen molar-refractivity contribution in [2.75, 3.05) is 7.11 Å². The van der Waals surface area contributed by atoms with E-state index < -0.39 is 24.0 Å². The van der Waals surface area contributed by atoms with Crippen LogP contribution in [0.3, 0.4) is 0 Å². The second kappa shape index (κ2) is 4.17. The van der Waals surface area contributed by atoms with E-state index in [1.807, 2.05) is 0 Å². The van der Waals surface area contributed by atoms with Gasteiger partial charge in [0.2, 0.25) is 6.10 Å². The molecule has 0 aliphatic heterocycles. The molecule has 0 saturated carbocycles. The molecule has 0 aliphatic carbocycles. The molecule has 1 atom stereocenters. The van der Waals surface area contributed by atoms with E-state index in [2.05, 4.69) is 9.15 Å². The average Bonchev–Trinajstić information content (AvgIpc) is 2.56. The summed E-state index contributed by atoms with van der Waals surface area (Å²) < 4.78 is 45.4. The molecule has 0 spiro atoms. The molecule has 0 aliphatic rings. The summed E-state index contributed by atoms with van der Waals surface area (Å²) in [6.45, 7) is 1.30. The van der Waals surface area contributed by atoms with Crippen LogP contribution in [0.15, 0.2) is 10.5 Å². The fourth-order valence-corrected chi connectivity index (χ4v) is 1.11. The lowest BCUT2D eigenvalue weighted by atomic mass is 10.2. The van der Waals surface area contributed by atoms with Gasteiger partial charge in [0.1, 0.15) is 17.1 Å². The number of ether oxygens (including phenoxy) is 1. The van der Waals surface area contributed by atoms with Crippen LogP contribution in [0.25, 0.3) is 0 Å². The highest BCUT2D eigenvalue weighted by molar-refractivity contribution is 5.90. The minimum absolute atomic E-state index is 0.0369. The number of carbonyl (C=O) groups is 1. The van der Waals surface area contributed by atoms with E-state index >= 15 is 0 Å². The first kappa shape index (κ1) is 12.6. The number of furan rings is 1. The molecule has 1 aromatic heterocycles. The van der Waals surface area contributed by atoms with Gasteiger partial charge in [-0.1, -0.05) is 0 Å². The number of methoxy groups -OCH3 is 1. The maximum atomic E-state index is 12.1. The van der Waals surface area contributed by atoms with Crippen molar-refractivity contribution < 1.29 is 32.2 Å². The third kappa shape index (κ3) is 2.35. The standard InChI is InChI=1S/C9H9F3O4/c1-4-5(8(14)15-2)3-6(16-4)7(13)9(10,11)12/h3,7,13H,1-2H3/t7-/m0/s1. The molecular formula is C9H9F3O4. The van der Waals surface area contributed by atoms with Gasteiger partial charge in [-0.05, 0) is 13.0 Å². The molecule has 0 aromatic carbocycles. The number of aliphatic hydroxyl groups is 1. The van der Waals surface area contributed by atoms with E-state index in [-0.39, 0.29) is 11.3 Å². The number of hydrogen-bond acceptors (Lipinski definition) is 4. The van der Waals surface area contributed by atoms with Gasteiger partial charge in [-0.3, -0.25) is 0 Å². The van der Waals surface area contributed by atoms with Crippen molar-refractivity contribution in [3.8, 4) is 0 Å². The zero-order valence-corrected chi connectivity index (χ0v) is 8.46. The van der Waals surface area contributed by atoms with Gasteiger partial charge >= 0.3 is 12.1 Å². The largest absolute Gasteiger partial charge is 0.465 e. The van der Waals surface area contributed by atoms with Gasteiger partial charge in [-0.2, -0.15) is 13.2 Å². The van der Waals surface area contributed by atoms with E-state index in [0.717, 1.165) is 13.2 Å². The first-order valence-electron chi connectivity index (χ1n) is 4.20. The predicted molar refractivity (Wildman–Crippen MR) is 45.8 cm³/mol. The van der Waals surface area contributed by atoms with Gasteiger partial charge in [0.25, 0.3) is 0 Å². The summed E-state index contributed by atoms with van der Waals surface area (Å²) >= 11 is 0. The number of aryl methyl sites for hydroxylation is 1. The summed E-state index contributed by atoms with van der Waals surface area (Å²) in [6, 6.07) is 0.819.